The number of nitrogens with zero attached hydrogens (tertiary/aromatic N) is 3. The average molecular weight is 728 g/mol. The molecular weight excluding hydrogens is 695 g/mol. The van der Waals surface area contributed by atoms with Gasteiger partial charge in [-0.3, -0.25) is 4.57 Å². The fourth-order valence-electron chi connectivity index (χ4n) is 8.97. The molecule has 0 saturated carbocycles. The van der Waals surface area contributed by atoms with Crippen molar-refractivity contribution in [1.29, 1.82) is 0 Å². The highest BCUT2D eigenvalue weighted by Crippen LogP contribution is 2.46. The molecule has 0 amide bonds. The molecule has 0 aliphatic carbocycles. The number of rotatable bonds is 5. The molecule has 0 fully saturated rings. The molecule has 4 heteroatoms. The van der Waals surface area contributed by atoms with Crippen LogP contribution < -0.4 is 0 Å². The Morgan fingerprint density at radius 3 is 1.77 bits per heavy atom. The third kappa shape index (κ3) is 4.84. The highest BCUT2D eigenvalue weighted by Gasteiger charge is 2.25. The molecule has 0 spiro atoms. The van der Waals surface area contributed by atoms with Crippen molar-refractivity contribution in [3.8, 4) is 45.0 Å². The molecule has 0 radical (unpaired) electrons. The Morgan fingerprint density at radius 1 is 0.386 bits per heavy atom. The van der Waals surface area contributed by atoms with E-state index in [1.807, 2.05) is 6.07 Å². The standard InChI is InChI=1S/C53H33N3O/c1-4-16-34(17-5-1)37-30-45(35-18-6-2-7-19-35)54-50(32-37)56-47-26-14-11-24-42(47)51-43(33-44-41-23-12-15-27-49(41)57-53(44)52(51)56)36-28-29-40-39-22-10-13-25-46(39)55(48(40)31-36)38-20-8-3-9-21-38/h1-33H. The molecule has 0 aliphatic heterocycles. The number of furan rings is 1. The largest absolute Gasteiger partial charge is 0.454 e. The van der Waals surface area contributed by atoms with E-state index in [4.69, 9.17) is 9.40 Å². The summed E-state index contributed by atoms with van der Waals surface area (Å²) in [6.07, 6.45) is 0. The van der Waals surface area contributed by atoms with Crippen LogP contribution in [0.5, 0.6) is 0 Å². The molecule has 0 N–H and O–H groups in total. The number of pyridine rings is 1. The number of aromatic nitrogens is 3. The highest BCUT2D eigenvalue weighted by molar-refractivity contribution is 6.26. The molecule has 0 aliphatic rings. The zero-order chi connectivity index (χ0) is 37.5. The number of para-hydroxylation sites is 4. The van der Waals surface area contributed by atoms with Crippen LogP contribution in [0.25, 0.3) is 111 Å². The van der Waals surface area contributed by atoms with Crippen molar-refractivity contribution >= 4 is 65.6 Å². The van der Waals surface area contributed by atoms with Gasteiger partial charge in [-0.25, -0.2) is 4.98 Å². The second-order valence-electron chi connectivity index (χ2n) is 14.7. The van der Waals surface area contributed by atoms with Crippen LogP contribution in [-0.4, -0.2) is 14.1 Å². The molecule has 57 heavy (non-hydrogen) atoms. The van der Waals surface area contributed by atoms with Gasteiger partial charge < -0.3 is 8.98 Å². The van der Waals surface area contributed by atoms with Crippen molar-refractivity contribution in [2.75, 3.05) is 0 Å². The van der Waals surface area contributed by atoms with Crippen molar-refractivity contribution in [3.05, 3.63) is 200 Å². The van der Waals surface area contributed by atoms with Gasteiger partial charge in [-0.2, -0.15) is 0 Å². The van der Waals surface area contributed by atoms with E-state index >= 15 is 0 Å². The Bertz CT molecular complexity index is 3440. The van der Waals surface area contributed by atoms with Gasteiger partial charge in [0.1, 0.15) is 11.4 Å². The lowest BCUT2D eigenvalue weighted by Gasteiger charge is -2.14. The number of hydrogen-bond donors (Lipinski definition) is 0. The van der Waals surface area contributed by atoms with Gasteiger partial charge in [0.25, 0.3) is 0 Å². The quantitative estimate of drug-likeness (QED) is 0.177. The molecule has 4 aromatic heterocycles. The molecular formula is C53H33N3O. The Hall–Kier alpha value is -7.69. The molecule has 8 aromatic carbocycles. The first-order chi connectivity index (χ1) is 28.3. The van der Waals surface area contributed by atoms with E-state index < -0.39 is 0 Å². The molecule has 12 aromatic rings. The SMILES string of the molecule is c1ccc(-c2cc(-c3ccccc3)nc(-n3c4ccccc4c4c(-c5ccc6c7ccccc7n(-c7ccccc7)c6c5)cc5c6ccccc6oc5c43)c2)cc1. The van der Waals surface area contributed by atoms with E-state index in [0.717, 1.165) is 88.8 Å². The number of hydrogen-bond acceptors (Lipinski definition) is 2. The molecule has 0 unspecified atom stereocenters. The molecule has 4 heterocycles. The minimum atomic E-state index is 0.833. The van der Waals surface area contributed by atoms with Gasteiger partial charge in [-0.1, -0.05) is 146 Å². The first-order valence-corrected chi connectivity index (χ1v) is 19.4. The smallest absolute Gasteiger partial charge is 0.160 e. The van der Waals surface area contributed by atoms with Crippen LogP contribution in [0.4, 0.5) is 0 Å². The van der Waals surface area contributed by atoms with E-state index in [-0.39, 0.29) is 0 Å². The lowest BCUT2D eigenvalue weighted by Crippen LogP contribution is -2.00. The molecule has 0 saturated heterocycles. The summed E-state index contributed by atoms with van der Waals surface area (Å²) in [7, 11) is 0. The summed E-state index contributed by atoms with van der Waals surface area (Å²) >= 11 is 0. The average Bonchev–Trinajstić information content (AvgIpc) is 3.95. The van der Waals surface area contributed by atoms with E-state index in [1.54, 1.807) is 0 Å². The topological polar surface area (TPSA) is 35.9 Å². The third-order valence-electron chi connectivity index (χ3n) is 11.5. The van der Waals surface area contributed by atoms with E-state index in [1.165, 1.54) is 21.8 Å². The Kier molecular flexibility index (Phi) is 6.89. The Morgan fingerprint density at radius 2 is 1.00 bits per heavy atom. The van der Waals surface area contributed by atoms with Gasteiger partial charge in [0.15, 0.2) is 5.58 Å². The second-order valence-corrected chi connectivity index (χ2v) is 14.7. The first kappa shape index (κ1) is 31.6. The summed E-state index contributed by atoms with van der Waals surface area (Å²) in [5.74, 6) is 0.833. The van der Waals surface area contributed by atoms with Crippen molar-refractivity contribution in [2.45, 2.75) is 0 Å². The van der Waals surface area contributed by atoms with Crippen LogP contribution in [-0.2, 0) is 0 Å². The molecule has 0 atom stereocenters. The number of benzene rings is 8. The van der Waals surface area contributed by atoms with Gasteiger partial charge in [0.05, 0.1) is 27.8 Å². The summed E-state index contributed by atoms with van der Waals surface area (Å²) in [4.78, 5) is 5.46. The van der Waals surface area contributed by atoms with Crippen LogP contribution in [0.2, 0.25) is 0 Å². The first-order valence-electron chi connectivity index (χ1n) is 19.4. The molecule has 0 bridgehead atoms. The summed E-state index contributed by atoms with van der Waals surface area (Å²) < 4.78 is 11.6. The fourth-order valence-corrected chi connectivity index (χ4v) is 8.97. The summed E-state index contributed by atoms with van der Waals surface area (Å²) in [6, 6.07) is 71.3. The van der Waals surface area contributed by atoms with E-state index in [9.17, 15) is 0 Å². The normalized spacial score (nSPS) is 11.9. The number of fused-ring (bicyclic) bond motifs is 10. The van der Waals surface area contributed by atoms with Crippen molar-refractivity contribution in [2.24, 2.45) is 0 Å². The Labute approximate surface area is 328 Å². The third-order valence-corrected chi connectivity index (χ3v) is 11.5. The summed E-state index contributed by atoms with van der Waals surface area (Å²) in [5, 5.41) is 6.89. The second kappa shape index (κ2) is 12.4. The van der Waals surface area contributed by atoms with Gasteiger partial charge in [0, 0.05) is 43.6 Å². The van der Waals surface area contributed by atoms with Crippen LogP contribution in [0, 0.1) is 0 Å². The lowest BCUT2D eigenvalue weighted by molar-refractivity contribution is 0.671. The molecule has 4 nitrogen and oxygen atoms in total. The highest BCUT2D eigenvalue weighted by atomic mass is 16.3. The van der Waals surface area contributed by atoms with Gasteiger partial charge in [0.2, 0.25) is 0 Å². The van der Waals surface area contributed by atoms with Gasteiger partial charge in [-0.05, 0) is 76.9 Å². The maximum absolute atomic E-state index is 6.91. The Balaban J connectivity index is 1.23. The zero-order valence-electron chi connectivity index (χ0n) is 30.8. The monoisotopic (exact) mass is 727 g/mol. The minimum Gasteiger partial charge on any atom is -0.454 e. The van der Waals surface area contributed by atoms with Crippen LogP contribution in [0.1, 0.15) is 0 Å². The maximum Gasteiger partial charge on any atom is 0.160 e. The van der Waals surface area contributed by atoms with Crippen LogP contribution >= 0.6 is 0 Å². The van der Waals surface area contributed by atoms with Gasteiger partial charge in [-0.15, -0.1) is 0 Å². The molecule has 12 rings (SSSR count). The molecule has 266 valence electrons. The predicted octanol–water partition coefficient (Wildman–Crippen LogP) is 14.2. The van der Waals surface area contributed by atoms with E-state index in [2.05, 4.69) is 203 Å². The van der Waals surface area contributed by atoms with Crippen LogP contribution in [0.15, 0.2) is 205 Å². The fraction of sp³-hybridized carbons (Fsp3) is 0. The van der Waals surface area contributed by atoms with Crippen LogP contribution in [0.3, 0.4) is 0 Å². The summed E-state index contributed by atoms with van der Waals surface area (Å²) in [5.41, 5.74) is 13.8. The van der Waals surface area contributed by atoms with Crippen molar-refractivity contribution in [3.63, 3.8) is 0 Å². The minimum absolute atomic E-state index is 0.833. The van der Waals surface area contributed by atoms with Crippen molar-refractivity contribution < 1.29 is 4.42 Å². The summed E-state index contributed by atoms with van der Waals surface area (Å²) in [6.45, 7) is 0. The maximum atomic E-state index is 6.91. The van der Waals surface area contributed by atoms with Crippen molar-refractivity contribution in [1.82, 2.24) is 14.1 Å². The van der Waals surface area contributed by atoms with Gasteiger partial charge >= 0.3 is 0 Å². The zero-order valence-corrected chi connectivity index (χ0v) is 30.8. The van der Waals surface area contributed by atoms with E-state index in [0.29, 0.717) is 0 Å². The predicted molar refractivity (Wildman–Crippen MR) is 237 cm³/mol. The lowest BCUT2D eigenvalue weighted by atomic mass is 9.96.